The van der Waals surface area contributed by atoms with Gasteiger partial charge in [-0.3, -0.25) is 0 Å². The number of halogens is 2. The van der Waals surface area contributed by atoms with E-state index in [1.807, 2.05) is 4.68 Å². The van der Waals surface area contributed by atoms with Crippen LogP contribution in [0, 0.1) is 10.8 Å². The minimum absolute atomic E-state index is 0.759. The van der Waals surface area contributed by atoms with Gasteiger partial charge in [-0.25, -0.2) is 9.67 Å². The van der Waals surface area contributed by atoms with Crippen molar-refractivity contribution in [1.29, 1.82) is 0 Å². The third-order valence-electron chi connectivity index (χ3n) is 2.09. The molecule has 0 saturated heterocycles. The van der Waals surface area contributed by atoms with Crippen LogP contribution in [0.4, 0.5) is 0 Å². The Morgan fingerprint density at radius 1 is 1.47 bits per heavy atom. The smallest absolute Gasteiger partial charge is 0.211 e. The van der Waals surface area contributed by atoms with Crippen molar-refractivity contribution in [3.05, 3.63) is 44.0 Å². The lowest BCUT2D eigenvalue weighted by molar-refractivity contribution is 0.680. The van der Waals surface area contributed by atoms with Gasteiger partial charge in [-0.15, -0.1) is 5.10 Å². The molecule has 0 atom stereocenters. The highest BCUT2D eigenvalue weighted by molar-refractivity contribution is 14.1. The lowest BCUT2D eigenvalue weighted by Crippen LogP contribution is -2.00. The molecule has 0 N–H and O–H groups in total. The second-order valence-electron chi connectivity index (χ2n) is 3.29. The van der Waals surface area contributed by atoms with Crippen LogP contribution in [0.15, 0.2) is 29.0 Å². The maximum absolute atomic E-state index is 4.23. The van der Waals surface area contributed by atoms with E-state index in [2.05, 4.69) is 73.7 Å². The largest absolute Gasteiger partial charge is 0.247 e. The average molecular weight is 378 g/mol. The third kappa shape index (κ3) is 2.78. The summed E-state index contributed by atoms with van der Waals surface area (Å²) in [4.78, 5) is 4.08. The molecule has 0 amide bonds. The van der Waals surface area contributed by atoms with Crippen LogP contribution in [0.1, 0.15) is 11.1 Å². The molecule has 78 valence electrons. The molecule has 1 heterocycles. The van der Waals surface area contributed by atoms with E-state index < -0.39 is 0 Å². The Hall–Kier alpha value is -0.430. The first-order valence-corrected chi connectivity index (χ1v) is 6.32. The average Bonchev–Trinajstić information content (AvgIpc) is 2.58. The van der Waals surface area contributed by atoms with Crippen LogP contribution in [-0.2, 0) is 6.54 Å². The van der Waals surface area contributed by atoms with Crippen LogP contribution in [0.5, 0.6) is 0 Å². The van der Waals surface area contributed by atoms with Gasteiger partial charge in [-0.2, -0.15) is 0 Å². The molecular formula is C10H9BrIN3. The molecule has 1 aromatic heterocycles. The van der Waals surface area contributed by atoms with Crippen molar-refractivity contribution in [1.82, 2.24) is 14.8 Å². The first-order valence-electron chi connectivity index (χ1n) is 4.45. The Morgan fingerprint density at radius 3 is 2.87 bits per heavy atom. The predicted octanol–water partition coefficient (Wildman–Crippen LogP) is 3.00. The van der Waals surface area contributed by atoms with Crippen LogP contribution < -0.4 is 0 Å². The fourth-order valence-electron chi connectivity index (χ4n) is 1.27. The number of aromatic nitrogens is 3. The lowest BCUT2D eigenvalue weighted by atomic mass is 10.1. The van der Waals surface area contributed by atoms with E-state index in [1.54, 1.807) is 6.33 Å². The zero-order valence-corrected chi connectivity index (χ0v) is 11.9. The fraction of sp³-hybridized carbons (Fsp3) is 0.200. The molecule has 2 aromatic rings. The van der Waals surface area contributed by atoms with Gasteiger partial charge in [0, 0.05) is 27.1 Å². The molecule has 0 fully saturated rings. The Morgan fingerprint density at radius 2 is 2.27 bits per heavy atom. The van der Waals surface area contributed by atoms with Gasteiger partial charge in [0.15, 0.2) is 0 Å². The molecule has 15 heavy (non-hydrogen) atoms. The highest BCUT2D eigenvalue weighted by Crippen LogP contribution is 2.17. The zero-order chi connectivity index (χ0) is 10.8. The first kappa shape index (κ1) is 11.1. The second-order valence-corrected chi connectivity index (χ2v) is 5.11. The van der Waals surface area contributed by atoms with Crippen molar-refractivity contribution in [2.45, 2.75) is 13.5 Å². The number of nitrogens with zero attached hydrogens (tertiary/aromatic N) is 3. The highest BCUT2D eigenvalue weighted by atomic mass is 127. The molecule has 0 aliphatic carbocycles. The van der Waals surface area contributed by atoms with Gasteiger partial charge in [0.25, 0.3) is 0 Å². The molecule has 0 aliphatic rings. The van der Waals surface area contributed by atoms with Crippen LogP contribution in [0.25, 0.3) is 0 Å². The Kier molecular flexibility index (Phi) is 3.40. The molecule has 2 rings (SSSR count). The van der Waals surface area contributed by atoms with Crippen molar-refractivity contribution < 1.29 is 0 Å². The first-order chi connectivity index (χ1) is 7.15. The van der Waals surface area contributed by atoms with Crippen molar-refractivity contribution in [2.75, 3.05) is 0 Å². The summed E-state index contributed by atoms with van der Waals surface area (Å²) in [6, 6.07) is 6.32. The normalized spacial score (nSPS) is 10.6. The summed E-state index contributed by atoms with van der Waals surface area (Å²) in [5, 5.41) is 4.23. The van der Waals surface area contributed by atoms with Crippen molar-refractivity contribution in [2.24, 2.45) is 0 Å². The molecule has 0 unspecified atom stereocenters. The SMILES string of the molecule is Cc1ccc(Cn2cnc(I)n2)cc1Br. The maximum Gasteiger partial charge on any atom is 0.211 e. The predicted molar refractivity (Wildman–Crippen MR) is 70.7 cm³/mol. The molecule has 0 aliphatic heterocycles. The molecule has 5 heteroatoms. The van der Waals surface area contributed by atoms with E-state index in [-0.39, 0.29) is 0 Å². The zero-order valence-electron chi connectivity index (χ0n) is 8.11. The van der Waals surface area contributed by atoms with E-state index in [1.165, 1.54) is 11.1 Å². The van der Waals surface area contributed by atoms with Crippen LogP contribution >= 0.6 is 38.5 Å². The van der Waals surface area contributed by atoms with Gasteiger partial charge < -0.3 is 0 Å². The number of hydrogen-bond acceptors (Lipinski definition) is 2. The molecule has 3 nitrogen and oxygen atoms in total. The summed E-state index contributed by atoms with van der Waals surface area (Å²) in [5.74, 6) is 0. The summed E-state index contributed by atoms with van der Waals surface area (Å²) >= 11 is 5.62. The molecule has 0 bridgehead atoms. The van der Waals surface area contributed by atoms with Crippen molar-refractivity contribution >= 4 is 38.5 Å². The number of aryl methyl sites for hydroxylation is 1. The Balaban J connectivity index is 2.21. The highest BCUT2D eigenvalue weighted by Gasteiger charge is 2.00. The van der Waals surface area contributed by atoms with Gasteiger partial charge in [0.2, 0.25) is 3.83 Å². The molecule has 0 spiro atoms. The summed E-state index contributed by atoms with van der Waals surface area (Å²) in [7, 11) is 0. The number of hydrogen-bond donors (Lipinski definition) is 0. The third-order valence-corrected chi connectivity index (χ3v) is 3.44. The van der Waals surface area contributed by atoms with Crippen LogP contribution in [0.2, 0.25) is 0 Å². The summed E-state index contributed by atoms with van der Waals surface area (Å²) in [6.07, 6.45) is 1.75. The van der Waals surface area contributed by atoms with Gasteiger partial charge in [0.05, 0.1) is 6.54 Å². The topological polar surface area (TPSA) is 30.7 Å². The minimum atomic E-state index is 0.759. The van der Waals surface area contributed by atoms with Gasteiger partial charge in [-0.1, -0.05) is 28.1 Å². The van der Waals surface area contributed by atoms with Crippen LogP contribution in [0.3, 0.4) is 0 Å². The summed E-state index contributed by atoms with van der Waals surface area (Å²) in [6.45, 7) is 2.83. The van der Waals surface area contributed by atoms with E-state index in [0.29, 0.717) is 0 Å². The Bertz CT molecular complexity index is 481. The minimum Gasteiger partial charge on any atom is -0.247 e. The number of benzene rings is 1. The van der Waals surface area contributed by atoms with E-state index in [0.717, 1.165) is 14.8 Å². The summed E-state index contributed by atoms with van der Waals surface area (Å²) < 4.78 is 3.74. The summed E-state index contributed by atoms with van der Waals surface area (Å²) in [5.41, 5.74) is 2.46. The quantitative estimate of drug-likeness (QED) is 0.753. The van der Waals surface area contributed by atoms with E-state index >= 15 is 0 Å². The van der Waals surface area contributed by atoms with Gasteiger partial charge in [-0.05, 0) is 24.1 Å². The molecule has 0 saturated carbocycles. The van der Waals surface area contributed by atoms with E-state index in [4.69, 9.17) is 0 Å². The molecule has 0 radical (unpaired) electrons. The van der Waals surface area contributed by atoms with Gasteiger partial charge >= 0.3 is 0 Å². The monoisotopic (exact) mass is 377 g/mol. The van der Waals surface area contributed by atoms with Crippen molar-refractivity contribution in [3.8, 4) is 0 Å². The molecule has 1 aromatic carbocycles. The second kappa shape index (κ2) is 4.61. The van der Waals surface area contributed by atoms with Crippen molar-refractivity contribution in [3.63, 3.8) is 0 Å². The Labute approximate surface area is 110 Å². The lowest BCUT2D eigenvalue weighted by Gasteiger charge is -2.03. The molecular weight excluding hydrogens is 369 g/mol. The fourth-order valence-corrected chi connectivity index (χ4v) is 2.10. The number of rotatable bonds is 2. The van der Waals surface area contributed by atoms with Gasteiger partial charge in [0.1, 0.15) is 6.33 Å². The van der Waals surface area contributed by atoms with Crippen LogP contribution in [-0.4, -0.2) is 14.8 Å². The maximum atomic E-state index is 4.23. The standard InChI is InChI=1S/C10H9BrIN3/c1-7-2-3-8(4-9(7)11)5-15-6-13-10(12)14-15/h2-4,6H,5H2,1H3. The van der Waals surface area contributed by atoms with E-state index in [9.17, 15) is 0 Å².